The lowest BCUT2D eigenvalue weighted by Crippen LogP contribution is -2.43. The van der Waals surface area contributed by atoms with Crippen molar-refractivity contribution in [2.24, 2.45) is 11.7 Å². The number of aromatic hydroxyl groups is 1. The summed E-state index contributed by atoms with van der Waals surface area (Å²) in [6.07, 6.45) is 5.68. The molecular weight excluding hydrogens is 618 g/mol. The number of fused-ring (bicyclic) bond motifs is 3. The molecule has 48 heavy (non-hydrogen) atoms. The fraction of sp³-hybridized carbons (Fsp3) is 0.583. The van der Waals surface area contributed by atoms with Gasteiger partial charge in [-0.1, -0.05) is 19.4 Å². The Morgan fingerprint density at radius 1 is 1.12 bits per heavy atom. The second-order valence-electron chi connectivity index (χ2n) is 14.0. The van der Waals surface area contributed by atoms with Crippen LogP contribution in [-0.2, 0) is 28.9 Å². The first kappa shape index (κ1) is 32.8. The van der Waals surface area contributed by atoms with Crippen molar-refractivity contribution in [3.05, 3.63) is 46.9 Å². The molecule has 1 unspecified atom stereocenters. The van der Waals surface area contributed by atoms with Crippen LogP contribution >= 0.6 is 0 Å². The highest BCUT2D eigenvalue weighted by Crippen LogP contribution is 2.42. The first-order valence-electron chi connectivity index (χ1n) is 17.4. The van der Waals surface area contributed by atoms with Gasteiger partial charge in [0, 0.05) is 55.3 Å². The van der Waals surface area contributed by atoms with Gasteiger partial charge in [0.15, 0.2) is 0 Å². The topological polar surface area (TPSA) is 117 Å². The molecule has 1 aromatic heterocycles. The van der Waals surface area contributed by atoms with Crippen molar-refractivity contribution in [3.63, 3.8) is 0 Å². The van der Waals surface area contributed by atoms with Crippen LogP contribution in [0, 0.1) is 11.7 Å². The molecule has 12 heteroatoms. The average molecular weight is 665 g/mol. The molecule has 0 spiro atoms. The number of halogens is 2. The second kappa shape index (κ2) is 13.6. The fourth-order valence-electron chi connectivity index (χ4n) is 8.52. The number of rotatable bonds is 10. The SMILES string of the molecule is CCc1c(F)ccc2cc(O)cc(N3CCc4c(nc(OC[C@@]56CCCN5C[C@H](F)C6)nc4N4CCCCC(COCC(N)=O)C4)C3)c12. The van der Waals surface area contributed by atoms with E-state index in [0.717, 1.165) is 78.7 Å². The summed E-state index contributed by atoms with van der Waals surface area (Å²) in [5, 5.41) is 12.3. The largest absolute Gasteiger partial charge is 0.508 e. The Labute approximate surface area is 280 Å². The number of phenolic OH excluding ortho intramolecular Hbond substituents is 1. The molecule has 0 saturated carbocycles. The standard InChI is InChI=1S/C36H46F2N6O4/c1-2-27-29(38)8-7-24-14-26(45)15-31(33(24)27)42-13-9-28-30(19-42)40-35(48-22-36-10-5-12-44(36)18-25(37)16-36)41-34(28)43-11-4-3-6-23(17-43)20-47-21-32(39)46/h7-8,14-15,23,25,45H,2-6,9-13,16-22H2,1H3,(H2,39,46)/t23?,25-,36+/m1/s1. The Kier molecular flexibility index (Phi) is 9.30. The predicted molar refractivity (Wildman–Crippen MR) is 180 cm³/mol. The number of hydrogen-bond donors (Lipinski definition) is 2. The van der Waals surface area contributed by atoms with Gasteiger partial charge < -0.3 is 30.1 Å². The lowest BCUT2D eigenvalue weighted by Gasteiger charge is -2.35. The molecule has 0 radical (unpaired) electrons. The third kappa shape index (κ3) is 6.48. The summed E-state index contributed by atoms with van der Waals surface area (Å²) < 4.78 is 41.7. The third-order valence-corrected chi connectivity index (χ3v) is 10.7. The molecule has 4 aliphatic rings. The number of anilines is 2. The van der Waals surface area contributed by atoms with E-state index in [9.17, 15) is 14.3 Å². The van der Waals surface area contributed by atoms with Gasteiger partial charge in [-0.15, -0.1) is 0 Å². The number of ether oxygens (including phenoxy) is 2. The molecule has 10 nitrogen and oxygen atoms in total. The number of hydrogen-bond acceptors (Lipinski definition) is 9. The number of amides is 1. The van der Waals surface area contributed by atoms with Gasteiger partial charge in [0.2, 0.25) is 5.91 Å². The summed E-state index contributed by atoms with van der Waals surface area (Å²) >= 11 is 0. The molecular formula is C36H46F2N6O4. The van der Waals surface area contributed by atoms with Crippen LogP contribution in [0.1, 0.15) is 62.3 Å². The zero-order valence-electron chi connectivity index (χ0n) is 27.7. The van der Waals surface area contributed by atoms with Gasteiger partial charge in [-0.2, -0.15) is 9.97 Å². The third-order valence-electron chi connectivity index (χ3n) is 10.7. The maximum absolute atomic E-state index is 15.0. The molecule has 5 heterocycles. The van der Waals surface area contributed by atoms with Crippen LogP contribution < -0.4 is 20.3 Å². The minimum absolute atomic E-state index is 0.0981. The zero-order chi connectivity index (χ0) is 33.4. The van der Waals surface area contributed by atoms with E-state index >= 15 is 4.39 Å². The molecule has 0 aliphatic carbocycles. The number of aryl methyl sites for hydroxylation is 1. The molecule has 0 bridgehead atoms. The summed E-state index contributed by atoms with van der Waals surface area (Å²) in [6, 6.07) is 6.87. The van der Waals surface area contributed by atoms with E-state index < -0.39 is 12.1 Å². The predicted octanol–water partition coefficient (Wildman–Crippen LogP) is 4.66. The lowest BCUT2D eigenvalue weighted by atomic mass is 9.95. The number of aromatic nitrogens is 2. The number of primary amides is 1. The van der Waals surface area contributed by atoms with Gasteiger partial charge in [0.1, 0.15) is 36.8 Å². The Bertz CT molecular complexity index is 1680. The van der Waals surface area contributed by atoms with Crippen molar-refractivity contribution in [3.8, 4) is 11.8 Å². The number of carbonyl (C=O) groups is 1. The number of benzene rings is 2. The van der Waals surface area contributed by atoms with Gasteiger partial charge in [-0.3, -0.25) is 9.69 Å². The number of alkyl halides is 1. The molecule has 2 aromatic carbocycles. The van der Waals surface area contributed by atoms with Gasteiger partial charge in [-0.05, 0) is 74.1 Å². The Morgan fingerprint density at radius 3 is 2.83 bits per heavy atom. The summed E-state index contributed by atoms with van der Waals surface area (Å²) in [7, 11) is 0. The van der Waals surface area contributed by atoms with Gasteiger partial charge >= 0.3 is 6.01 Å². The van der Waals surface area contributed by atoms with E-state index in [4.69, 9.17) is 25.2 Å². The van der Waals surface area contributed by atoms with Crippen molar-refractivity contribution in [1.82, 2.24) is 14.9 Å². The second-order valence-corrected chi connectivity index (χ2v) is 14.0. The normalized spacial score (nSPS) is 24.5. The minimum atomic E-state index is -0.858. The minimum Gasteiger partial charge on any atom is -0.508 e. The molecule has 3 aromatic rings. The highest BCUT2D eigenvalue weighted by atomic mass is 19.1. The van der Waals surface area contributed by atoms with Crippen LogP contribution in [0.2, 0.25) is 0 Å². The summed E-state index contributed by atoms with van der Waals surface area (Å²) in [5.74, 6) is 0.433. The first-order chi connectivity index (χ1) is 23.2. The van der Waals surface area contributed by atoms with E-state index in [-0.39, 0.29) is 35.6 Å². The van der Waals surface area contributed by atoms with Gasteiger partial charge in [0.05, 0.1) is 24.4 Å². The van der Waals surface area contributed by atoms with Crippen LogP contribution in [0.25, 0.3) is 10.8 Å². The van der Waals surface area contributed by atoms with E-state index in [1.165, 1.54) is 6.07 Å². The van der Waals surface area contributed by atoms with Crippen LogP contribution in [0.4, 0.5) is 20.3 Å². The van der Waals surface area contributed by atoms with Crippen LogP contribution in [0.5, 0.6) is 11.8 Å². The van der Waals surface area contributed by atoms with Crippen LogP contribution in [-0.4, -0.2) is 90.1 Å². The first-order valence-corrected chi connectivity index (χ1v) is 17.4. The highest BCUT2D eigenvalue weighted by Gasteiger charge is 2.49. The van der Waals surface area contributed by atoms with Crippen LogP contribution in [0.15, 0.2) is 24.3 Å². The maximum Gasteiger partial charge on any atom is 0.318 e. The molecule has 3 saturated heterocycles. The van der Waals surface area contributed by atoms with Gasteiger partial charge in [-0.25, -0.2) is 8.78 Å². The molecule has 7 rings (SSSR count). The maximum atomic E-state index is 15.0. The Balaban J connectivity index is 1.23. The fourth-order valence-corrected chi connectivity index (χ4v) is 8.52. The van der Waals surface area contributed by atoms with E-state index in [0.29, 0.717) is 64.2 Å². The molecule has 3 fully saturated rings. The summed E-state index contributed by atoms with van der Waals surface area (Å²) in [5.41, 5.74) is 8.25. The number of carbonyl (C=O) groups excluding carboxylic acids is 1. The van der Waals surface area contributed by atoms with E-state index in [1.54, 1.807) is 18.2 Å². The van der Waals surface area contributed by atoms with Crippen molar-refractivity contribution in [1.29, 1.82) is 0 Å². The number of nitrogens with zero attached hydrogens (tertiary/aromatic N) is 5. The quantitative estimate of drug-likeness (QED) is 0.319. The average Bonchev–Trinajstić information content (AvgIpc) is 3.48. The molecule has 258 valence electrons. The zero-order valence-corrected chi connectivity index (χ0v) is 27.7. The van der Waals surface area contributed by atoms with Crippen LogP contribution in [0.3, 0.4) is 0 Å². The molecule has 4 aliphatic heterocycles. The highest BCUT2D eigenvalue weighted by molar-refractivity contribution is 5.98. The monoisotopic (exact) mass is 664 g/mol. The van der Waals surface area contributed by atoms with Crippen molar-refractivity contribution in [2.75, 3.05) is 62.3 Å². The lowest BCUT2D eigenvalue weighted by molar-refractivity contribution is -0.122. The Morgan fingerprint density at radius 2 is 2.00 bits per heavy atom. The Hall–Kier alpha value is -3.77. The number of nitrogens with two attached hydrogens (primary N) is 1. The number of phenols is 1. The molecule has 3 atom stereocenters. The van der Waals surface area contributed by atoms with Gasteiger partial charge in [0.25, 0.3) is 0 Å². The van der Waals surface area contributed by atoms with E-state index in [1.807, 2.05) is 6.92 Å². The molecule has 3 N–H and O–H groups in total. The molecule has 1 amide bonds. The summed E-state index contributed by atoms with van der Waals surface area (Å²) in [4.78, 5) is 28.0. The smallest absolute Gasteiger partial charge is 0.318 e. The summed E-state index contributed by atoms with van der Waals surface area (Å²) in [6.45, 7) is 6.53. The van der Waals surface area contributed by atoms with Crippen molar-refractivity contribution < 1.29 is 28.2 Å². The van der Waals surface area contributed by atoms with Crippen molar-refractivity contribution >= 4 is 28.2 Å². The van der Waals surface area contributed by atoms with Crippen molar-refractivity contribution in [2.45, 2.75) is 76.5 Å². The van der Waals surface area contributed by atoms with E-state index in [2.05, 4.69) is 14.7 Å².